The van der Waals surface area contributed by atoms with Crippen molar-refractivity contribution >= 4 is 22.7 Å². The van der Waals surface area contributed by atoms with Gasteiger partial charge in [-0.25, -0.2) is 4.79 Å². The highest BCUT2D eigenvalue weighted by atomic mass is 16.5. The summed E-state index contributed by atoms with van der Waals surface area (Å²) in [6.07, 6.45) is 0.457. The number of esters is 1. The molecule has 19 heavy (non-hydrogen) atoms. The van der Waals surface area contributed by atoms with E-state index in [-0.39, 0.29) is 11.8 Å². The molecule has 4 heteroatoms. The Labute approximate surface area is 111 Å². The first-order valence-electron chi connectivity index (χ1n) is 6.41. The third-order valence-corrected chi connectivity index (χ3v) is 3.17. The topological polar surface area (TPSA) is 59.2 Å². The van der Waals surface area contributed by atoms with Crippen molar-refractivity contribution in [2.45, 2.75) is 27.2 Å². The number of hydrogen-bond acceptors (Lipinski definition) is 3. The molecule has 1 aromatic carbocycles. The summed E-state index contributed by atoms with van der Waals surface area (Å²) in [6, 6.07) is 5.28. The molecule has 0 bridgehead atoms. The number of nitrogens with one attached hydrogen (secondary N) is 1. The third-order valence-electron chi connectivity index (χ3n) is 3.17. The van der Waals surface area contributed by atoms with Crippen LogP contribution in [0, 0.1) is 6.92 Å². The van der Waals surface area contributed by atoms with E-state index >= 15 is 0 Å². The number of Topliss-reactive ketones (excluding diaryl/α,β-unsaturated/α-hetero) is 1. The fourth-order valence-corrected chi connectivity index (χ4v) is 2.12. The van der Waals surface area contributed by atoms with Crippen LogP contribution in [0.15, 0.2) is 18.2 Å². The number of fused-ring (bicyclic) bond motifs is 1. The number of H-pyrrole nitrogens is 1. The Hall–Kier alpha value is -2.10. The Bertz CT molecular complexity index is 640. The molecule has 0 saturated carbocycles. The smallest absolute Gasteiger partial charge is 0.338 e. The molecule has 0 aliphatic heterocycles. The monoisotopic (exact) mass is 259 g/mol. The molecule has 0 atom stereocenters. The van der Waals surface area contributed by atoms with Crippen LogP contribution in [-0.2, 0) is 4.74 Å². The number of aromatic nitrogens is 1. The van der Waals surface area contributed by atoms with Gasteiger partial charge in [-0.15, -0.1) is 0 Å². The number of aryl methyl sites for hydroxylation is 1. The number of benzene rings is 1. The molecule has 1 N–H and O–H groups in total. The van der Waals surface area contributed by atoms with Crippen molar-refractivity contribution < 1.29 is 14.3 Å². The lowest BCUT2D eigenvalue weighted by molar-refractivity contribution is 0.0526. The fourth-order valence-electron chi connectivity index (χ4n) is 2.12. The molecule has 1 aromatic heterocycles. The van der Waals surface area contributed by atoms with Gasteiger partial charge in [-0.3, -0.25) is 4.79 Å². The van der Waals surface area contributed by atoms with Gasteiger partial charge in [0.05, 0.1) is 17.9 Å². The maximum atomic E-state index is 11.8. The summed E-state index contributed by atoms with van der Waals surface area (Å²) in [6.45, 7) is 5.84. The normalized spacial score (nSPS) is 10.7. The van der Waals surface area contributed by atoms with Crippen molar-refractivity contribution in [3.8, 4) is 0 Å². The van der Waals surface area contributed by atoms with Gasteiger partial charge in [0, 0.05) is 17.3 Å². The minimum atomic E-state index is -0.339. The van der Waals surface area contributed by atoms with Crippen molar-refractivity contribution in [1.82, 2.24) is 4.98 Å². The van der Waals surface area contributed by atoms with Crippen molar-refractivity contribution in [2.24, 2.45) is 0 Å². The van der Waals surface area contributed by atoms with Crippen LogP contribution in [0.4, 0.5) is 0 Å². The maximum Gasteiger partial charge on any atom is 0.338 e. The lowest BCUT2D eigenvalue weighted by Crippen LogP contribution is -2.04. The van der Waals surface area contributed by atoms with Crippen LogP contribution in [0.25, 0.3) is 10.9 Å². The summed E-state index contributed by atoms with van der Waals surface area (Å²) in [5, 5.41) is 0.891. The molecule has 4 nitrogen and oxygen atoms in total. The minimum absolute atomic E-state index is 0.0754. The summed E-state index contributed by atoms with van der Waals surface area (Å²) < 4.78 is 4.98. The number of ketones is 1. The molecular formula is C15H17NO3. The maximum absolute atomic E-state index is 11.8. The second-order valence-electron chi connectivity index (χ2n) is 4.38. The van der Waals surface area contributed by atoms with Gasteiger partial charge in [0.1, 0.15) is 0 Å². The molecule has 2 rings (SSSR count). The van der Waals surface area contributed by atoms with Gasteiger partial charge >= 0.3 is 5.97 Å². The molecule has 0 saturated heterocycles. The van der Waals surface area contributed by atoms with Crippen molar-refractivity contribution in [3.05, 3.63) is 35.0 Å². The summed E-state index contributed by atoms with van der Waals surface area (Å²) >= 11 is 0. The predicted molar refractivity (Wildman–Crippen MR) is 73.6 cm³/mol. The minimum Gasteiger partial charge on any atom is -0.462 e. The van der Waals surface area contributed by atoms with Gasteiger partial charge in [0.25, 0.3) is 0 Å². The highest BCUT2D eigenvalue weighted by Crippen LogP contribution is 2.24. The highest BCUT2D eigenvalue weighted by molar-refractivity contribution is 6.03. The predicted octanol–water partition coefficient (Wildman–Crippen LogP) is 3.25. The lowest BCUT2D eigenvalue weighted by atomic mass is 10.1. The SMILES string of the molecule is CCOC(=O)c1ccc2[nH]c(C(=O)CC)c(C)c2c1. The van der Waals surface area contributed by atoms with Crippen LogP contribution in [0.2, 0.25) is 0 Å². The second-order valence-corrected chi connectivity index (χ2v) is 4.38. The van der Waals surface area contributed by atoms with Crippen molar-refractivity contribution in [1.29, 1.82) is 0 Å². The Morgan fingerprint density at radius 2 is 2.00 bits per heavy atom. The van der Waals surface area contributed by atoms with Gasteiger partial charge in [-0.1, -0.05) is 6.92 Å². The average molecular weight is 259 g/mol. The van der Waals surface area contributed by atoms with Crippen LogP contribution in [0.5, 0.6) is 0 Å². The zero-order chi connectivity index (χ0) is 14.0. The van der Waals surface area contributed by atoms with Gasteiger partial charge in [0.2, 0.25) is 0 Å². The zero-order valence-corrected chi connectivity index (χ0v) is 11.4. The third kappa shape index (κ3) is 2.38. The summed E-state index contributed by atoms with van der Waals surface area (Å²) in [4.78, 5) is 26.6. The number of ether oxygens (including phenoxy) is 1. The largest absolute Gasteiger partial charge is 0.462 e. The molecular weight excluding hydrogens is 242 g/mol. The van der Waals surface area contributed by atoms with E-state index in [1.54, 1.807) is 25.1 Å². The fraction of sp³-hybridized carbons (Fsp3) is 0.333. The molecule has 2 aromatic rings. The first-order chi connectivity index (χ1) is 9.08. The van der Waals surface area contributed by atoms with Gasteiger partial charge < -0.3 is 9.72 Å². The molecule has 1 heterocycles. The van der Waals surface area contributed by atoms with E-state index in [0.717, 1.165) is 16.5 Å². The molecule has 0 aliphatic carbocycles. The first kappa shape index (κ1) is 13.3. The summed E-state index contributed by atoms with van der Waals surface area (Å²) in [5.41, 5.74) is 2.88. The Kier molecular flexibility index (Phi) is 3.69. The average Bonchev–Trinajstić information content (AvgIpc) is 2.75. The Morgan fingerprint density at radius 1 is 1.26 bits per heavy atom. The van der Waals surface area contributed by atoms with Gasteiger partial charge in [-0.2, -0.15) is 0 Å². The van der Waals surface area contributed by atoms with Gasteiger partial charge in [-0.05, 0) is 37.6 Å². The standard InChI is InChI=1S/C15H17NO3/c1-4-13(17)14-9(3)11-8-10(15(18)19-5-2)6-7-12(11)16-14/h6-8,16H,4-5H2,1-3H3. The Balaban J connectivity index is 2.51. The molecule has 0 spiro atoms. The molecule has 0 aliphatic rings. The van der Waals surface area contributed by atoms with E-state index in [1.165, 1.54) is 0 Å². The number of carbonyl (C=O) groups excluding carboxylic acids is 2. The number of aromatic amines is 1. The molecule has 0 unspecified atom stereocenters. The van der Waals surface area contributed by atoms with Crippen molar-refractivity contribution in [3.63, 3.8) is 0 Å². The molecule has 0 amide bonds. The van der Waals surface area contributed by atoms with E-state index in [4.69, 9.17) is 4.74 Å². The first-order valence-corrected chi connectivity index (χ1v) is 6.41. The number of carbonyl (C=O) groups is 2. The Morgan fingerprint density at radius 3 is 2.63 bits per heavy atom. The molecule has 0 fully saturated rings. The van der Waals surface area contributed by atoms with Crippen LogP contribution < -0.4 is 0 Å². The second kappa shape index (κ2) is 5.26. The molecule has 0 radical (unpaired) electrons. The lowest BCUT2D eigenvalue weighted by Gasteiger charge is -2.01. The van der Waals surface area contributed by atoms with E-state index in [2.05, 4.69) is 4.98 Å². The van der Waals surface area contributed by atoms with Crippen LogP contribution >= 0.6 is 0 Å². The van der Waals surface area contributed by atoms with E-state index < -0.39 is 0 Å². The van der Waals surface area contributed by atoms with Crippen LogP contribution in [0.1, 0.15) is 46.7 Å². The van der Waals surface area contributed by atoms with Crippen LogP contribution in [-0.4, -0.2) is 23.3 Å². The van der Waals surface area contributed by atoms with E-state index in [9.17, 15) is 9.59 Å². The zero-order valence-electron chi connectivity index (χ0n) is 11.4. The quantitative estimate of drug-likeness (QED) is 0.677. The van der Waals surface area contributed by atoms with E-state index in [0.29, 0.717) is 24.3 Å². The summed E-state index contributed by atoms with van der Waals surface area (Å²) in [5.74, 6) is -0.264. The van der Waals surface area contributed by atoms with E-state index in [1.807, 2.05) is 13.8 Å². The summed E-state index contributed by atoms with van der Waals surface area (Å²) in [7, 11) is 0. The number of rotatable bonds is 4. The number of hydrogen-bond donors (Lipinski definition) is 1. The van der Waals surface area contributed by atoms with Crippen LogP contribution in [0.3, 0.4) is 0 Å². The van der Waals surface area contributed by atoms with Gasteiger partial charge in [0.15, 0.2) is 5.78 Å². The molecule has 100 valence electrons. The van der Waals surface area contributed by atoms with Crippen molar-refractivity contribution in [2.75, 3.05) is 6.61 Å². The highest BCUT2D eigenvalue weighted by Gasteiger charge is 2.15.